The molecule has 0 unspecified atom stereocenters. The van der Waals surface area contributed by atoms with Crippen LogP contribution < -0.4 is 0 Å². The van der Waals surface area contributed by atoms with Crippen LogP contribution in [0.1, 0.15) is 16.7 Å². The summed E-state index contributed by atoms with van der Waals surface area (Å²) in [5, 5.41) is 0.838. The first kappa shape index (κ1) is 11.4. The van der Waals surface area contributed by atoms with Crippen molar-refractivity contribution in [3.63, 3.8) is 0 Å². The Bertz CT molecular complexity index is 589. The van der Waals surface area contributed by atoms with Crippen molar-refractivity contribution in [2.45, 2.75) is 13.1 Å². The Morgan fingerprint density at radius 2 is 1.78 bits per heavy atom. The van der Waals surface area contributed by atoms with Gasteiger partial charge in [-0.05, 0) is 28.8 Å². The predicted molar refractivity (Wildman–Crippen MR) is 76.2 cm³/mol. The smallest absolute Gasteiger partial charge is 0.0455 e. The van der Waals surface area contributed by atoms with Gasteiger partial charge in [0.2, 0.25) is 0 Å². The zero-order chi connectivity index (χ0) is 12.4. The van der Waals surface area contributed by atoms with E-state index in [-0.39, 0.29) is 0 Å². The average molecular weight is 256 g/mol. The third kappa shape index (κ3) is 2.27. The summed E-state index contributed by atoms with van der Waals surface area (Å²) in [6.07, 6.45) is 4.31. The van der Waals surface area contributed by atoms with Crippen LogP contribution in [0.4, 0.5) is 0 Å². The van der Waals surface area contributed by atoms with E-state index in [4.69, 9.17) is 11.6 Å². The van der Waals surface area contributed by atoms with Gasteiger partial charge in [-0.3, -0.25) is 0 Å². The van der Waals surface area contributed by atoms with Gasteiger partial charge in [-0.1, -0.05) is 54.1 Å². The van der Waals surface area contributed by atoms with Crippen LogP contribution in [0.15, 0.2) is 54.7 Å². The zero-order valence-corrected chi connectivity index (χ0v) is 10.8. The lowest BCUT2D eigenvalue weighted by atomic mass is 10.0. The molecule has 3 rings (SSSR count). The normalized spacial score (nSPS) is 13.5. The first-order valence-electron chi connectivity index (χ1n) is 6.06. The molecule has 0 spiro atoms. The minimum absolute atomic E-state index is 0.838. The summed E-state index contributed by atoms with van der Waals surface area (Å²) < 4.78 is 0. The number of benzene rings is 2. The maximum Gasteiger partial charge on any atom is 0.0455 e. The SMILES string of the molecule is Clc1ccccc1CN1C=Cc2ccccc2C1. The Balaban J connectivity index is 1.80. The zero-order valence-electron chi connectivity index (χ0n) is 10.0. The molecule has 2 heteroatoms. The Labute approximate surface area is 112 Å². The van der Waals surface area contributed by atoms with E-state index in [1.165, 1.54) is 16.7 Å². The molecule has 2 aromatic carbocycles. The monoisotopic (exact) mass is 255 g/mol. The lowest BCUT2D eigenvalue weighted by Gasteiger charge is -2.25. The van der Waals surface area contributed by atoms with Crippen molar-refractivity contribution in [1.29, 1.82) is 0 Å². The third-order valence-corrected chi connectivity index (χ3v) is 3.59. The summed E-state index contributed by atoms with van der Waals surface area (Å²) in [6, 6.07) is 16.5. The van der Waals surface area contributed by atoms with Crippen LogP contribution in [-0.2, 0) is 13.1 Å². The van der Waals surface area contributed by atoms with Gasteiger partial charge in [0.05, 0.1) is 0 Å². The predicted octanol–water partition coefficient (Wildman–Crippen LogP) is 4.33. The van der Waals surface area contributed by atoms with E-state index in [0.717, 1.165) is 18.1 Å². The average Bonchev–Trinajstić information content (AvgIpc) is 2.41. The Hall–Kier alpha value is -1.73. The second-order valence-electron chi connectivity index (χ2n) is 4.51. The molecule has 0 saturated heterocycles. The largest absolute Gasteiger partial charge is 0.369 e. The van der Waals surface area contributed by atoms with Crippen LogP contribution in [0.25, 0.3) is 6.08 Å². The molecule has 90 valence electrons. The van der Waals surface area contributed by atoms with Gasteiger partial charge in [0.15, 0.2) is 0 Å². The summed E-state index contributed by atoms with van der Waals surface area (Å²) in [7, 11) is 0. The Kier molecular flexibility index (Phi) is 3.07. The highest BCUT2D eigenvalue weighted by Gasteiger charge is 2.11. The number of halogens is 1. The molecule has 0 radical (unpaired) electrons. The second-order valence-corrected chi connectivity index (χ2v) is 4.92. The molecule has 1 heterocycles. The highest BCUT2D eigenvalue weighted by atomic mass is 35.5. The fourth-order valence-corrected chi connectivity index (χ4v) is 2.45. The maximum absolute atomic E-state index is 6.19. The van der Waals surface area contributed by atoms with Gasteiger partial charge < -0.3 is 4.90 Å². The maximum atomic E-state index is 6.19. The molecule has 0 amide bonds. The third-order valence-electron chi connectivity index (χ3n) is 3.22. The summed E-state index contributed by atoms with van der Waals surface area (Å²) in [6.45, 7) is 1.79. The van der Waals surface area contributed by atoms with Crippen molar-refractivity contribution < 1.29 is 0 Å². The van der Waals surface area contributed by atoms with Gasteiger partial charge in [-0.25, -0.2) is 0 Å². The summed E-state index contributed by atoms with van der Waals surface area (Å²) >= 11 is 6.19. The summed E-state index contributed by atoms with van der Waals surface area (Å²) in [4.78, 5) is 2.28. The van der Waals surface area contributed by atoms with E-state index in [0.29, 0.717) is 0 Å². The van der Waals surface area contributed by atoms with Crippen molar-refractivity contribution in [3.05, 3.63) is 76.4 Å². The van der Waals surface area contributed by atoms with E-state index >= 15 is 0 Å². The van der Waals surface area contributed by atoms with Crippen LogP contribution >= 0.6 is 11.6 Å². The second kappa shape index (κ2) is 4.87. The molecule has 0 aliphatic carbocycles. The van der Waals surface area contributed by atoms with Gasteiger partial charge in [0.25, 0.3) is 0 Å². The van der Waals surface area contributed by atoms with E-state index in [9.17, 15) is 0 Å². The van der Waals surface area contributed by atoms with E-state index in [1.54, 1.807) is 0 Å². The fraction of sp³-hybridized carbons (Fsp3) is 0.125. The lowest BCUT2D eigenvalue weighted by Crippen LogP contribution is -2.19. The van der Waals surface area contributed by atoms with Crippen molar-refractivity contribution >= 4 is 17.7 Å². The summed E-state index contributed by atoms with van der Waals surface area (Å²) in [5.74, 6) is 0. The molecule has 1 nitrogen and oxygen atoms in total. The molecule has 18 heavy (non-hydrogen) atoms. The van der Waals surface area contributed by atoms with E-state index in [2.05, 4.69) is 47.5 Å². The molecule has 0 N–H and O–H groups in total. The van der Waals surface area contributed by atoms with Crippen LogP contribution in [-0.4, -0.2) is 4.90 Å². The molecule has 0 fully saturated rings. The van der Waals surface area contributed by atoms with Gasteiger partial charge in [-0.2, -0.15) is 0 Å². The first-order valence-corrected chi connectivity index (χ1v) is 6.44. The highest BCUT2D eigenvalue weighted by molar-refractivity contribution is 6.31. The molecule has 0 saturated carbocycles. The van der Waals surface area contributed by atoms with Crippen LogP contribution in [0.5, 0.6) is 0 Å². The highest BCUT2D eigenvalue weighted by Crippen LogP contribution is 2.23. The van der Waals surface area contributed by atoms with E-state index < -0.39 is 0 Å². The number of rotatable bonds is 2. The van der Waals surface area contributed by atoms with Crippen molar-refractivity contribution in [3.8, 4) is 0 Å². The summed E-state index contributed by atoms with van der Waals surface area (Å²) in [5.41, 5.74) is 3.85. The van der Waals surface area contributed by atoms with Crippen LogP contribution in [0, 0.1) is 0 Å². The minimum atomic E-state index is 0.838. The van der Waals surface area contributed by atoms with Crippen molar-refractivity contribution in [2.75, 3.05) is 0 Å². The Morgan fingerprint density at radius 3 is 2.67 bits per heavy atom. The number of hydrogen-bond acceptors (Lipinski definition) is 1. The molecule has 0 atom stereocenters. The molecular formula is C16H14ClN. The standard InChI is InChI=1S/C16H14ClN/c17-16-8-4-3-7-15(16)12-18-10-9-13-5-1-2-6-14(13)11-18/h1-10H,11-12H2. The molecule has 0 aromatic heterocycles. The number of hydrogen-bond donors (Lipinski definition) is 0. The van der Waals surface area contributed by atoms with Gasteiger partial charge in [-0.15, -0.1) is 0 Å². The molecule has 1 aliphatic rings. The molecule has 0 bridgehead atoms. The van der Waals surface area contributed by atoms with Gasteiger partial charge >= 0.3 is 0 Å². The van der Waals surface area contributed by atoms with Crippen molar-refractivity contribution in [2.24, 2.45) is 0 Å². The first-order chi connectivity index (χ1) is 8.83. The quantitative estimate of drug-likeness (QED) is 0.772. The van der Waals surface area contributed by atoms with Gasteiger partial charge in [0.1, 0.15) is 0 Å². The molecule has 2 aromatic rings. The Morgan fingerprint density at radius 1 is 1.00 bits per heavy atom. The fourth-order valence-electron chi connectivity index (χ4n) is 2.25. The van der Waals surface area contributed by atoms with Crippen molar-refractivity contribution in [1.82, 2.24) is 4.90 Å². The number of fused-ring (bicyclic) bond motifs is 1. The number of nitrogens with zero attached hydrogens (tertiary/aromatic N) is 1. The van der Waals surface area contributed by atoms with Gasteiger partial charge in [0, 0.05) is 24.3 Å². The molecular weight excluding hydrogens is 242 g/mol. The topological polar surface area (TPSA) is 3.24 Å². The van der Waals surface area contributed by atoms with E-state index in [1.807, 2.05) is 18.2 Å². The molecule has 1 aliphatic heterocycles. The minimum Gasteiger partial charge on any atom is -0.369 e. The van der Waals surface area contributed by atoms with Crippen LogP contribution in [0.3, 0.4) is 0 Å². The van der Waals surface area contributed by atoms with Crippen LogP contribution in [0.2, 0.25) is 5.02 Å². The lowest BCUT2D eigenvalue weighted by molar-refractivity contribution is 0.360.